The first kappa shape index (κ1) is 14.1. The molecule has 1 aliphatic rings. The number of carbonyl (C=O) groups is 3. The molecule has 3 amide bonds. The molecule has 2 heterocycles. The maximum Gasteiger partial charge on any atom is 0.326 e. The third kappa shape index (κ3) is 1.84. The highest BCUT2D eigenvalue weighted by Crippen LogP contribution is 2.42. The van der Waals surface area contributed by atoms with E-state index in [1.54, 1.807) is 18.2 Å². The maximum atomic E-state index is 12.6. The van der Waals surface area contributed by atoms with Crippen LogP contribution in [-0.4, -0.2) is 17.7 Å². The number of furan rings is 1. The van der Waals surface area contributed by atoms with Crippen LogP contribution in [0, 0.1) is 13.8 Å². The lowest BCUT2D eigenvalue weighted by molar-refractivity contribution is -0.117. The molecule has 112 valence electrons. The van der Waals surface area contributed by atoms with Gasteiger partial charge in [-0.3, -0.25) is 9.59 Å². The molecule has 2 aromatic rings. The molecule has 0 aliphatic carbocycles. The molecule has 0 radical (unpaired) electrons. The number of amides is 3. The standard InChI is InChI=1S/C16H14N2O4/c1-8-5-6-10-12(9(8)2)13(15(20)18(10)16(17)21)14(19)11-4-3-7-22-11/h3-7,13H,1-2H3,(H2,17,21). The van der Waals surface area contributed by atoms with Crippen molar-refractivity contribution in [1.29, 1.82) is 0 Å². The number of anilines is 1. The number of hydrogen-bond donors (Lipinski definition) is 1. The molecule has 6 heteroatoms. The molecule has 1 aromatic heterocycles. The van der Waals surface area contributed by atoms with Crippen LogP contribution in [-0.2, 0) is 4.79 Å². The first-order valence-corrected chi connectivity index (χ1v) is 6.74. The van der Waals surface area contributed by atoms with Crippen LogP contribution in [0.5, 0.6) is 0 Å². The zero-order valence-electron chi connectivity index (χ0n) is 12.1. The average molecular weight is 298 g/mol. The number of Topliss-reactive ketones (excluding diaryl/α,β-unsaturated/α-hetero) is 1. The molecule has 1 aliphatic heterocycles. The number of fused-ring (bicyclic) bond motifs is 1. The summed E-state index contributed by atoms with van der Waals surface area (Å²) >= 11 is 0. The Morgan fingerprint density at radius 3 is 2.55 bits per heavy atom. The van der Waals surface area contributed by atoms with Crippen LogP contribution >= 0.6 is 0 Å². The summed E-state index contributed by atoms with van der Waals surface area (Å²) in [6.07, 6.45) is 1.36. The van der Waals surface area contributed by atoms with E-state index < -0.39 is 23.6 Å². The van der Waals surface area contributed by atoms with Gasteiger partial charge < -0.3 is 10.2 Å². The van der Waals surface area contributed by atoms with E-state index in [2.05, 4.69) is 0 Å². The fourth-order valence-corrected chi connectivity index (χ4v) is 2.79. The quantitative estimate of drug-likeness (QED) is 0.680. The molecule has 0 saturated heterocycles. The number of aryl methyl sites for hydroxylation is 1. The number of primary amides is 1. The Bertz CT molecular complexity index is 793. The van der Waals surface area contributed by atoms with Crippen LogP contribution in [0.4, 0.5) is 10.5 Å². The molecular weight excluding hydrogens is 284 g/mol. The zero-order valence-corrected chi connectivity index (χ0v) is 12.1. The third-order valence-corrected chi connectivity index (χ3v) is 4.01. The van der Waals surface area contributed by atoms with Gasteiger partial charge in [-0.2, -0.15) is 0 Å². The Balaban J connectivity index is 2.21. The van der Waals surface area contributed by atoms with Gasteiger partial charge in [-0.25, -0.2) is 9.69 Å². The highest BCUT2D eigenvalue weighted by Gasteiger charge is 2.46. The Kier molecular flexibility index (Phi) is 3.09. The lowest BCUT2D eigenvalue weighted by Gasteiger charge is -2.12. The van der Waals surface area contributed by atoms with E-state index in [-0.39, 0.29) is 5.76 Å². The van der Waals surface area contributed by atoms with Crippen LogP contribution < -0.4 is 10.6 Å². The van der Waals surface area contributed by atoms with Gasteiger partial charge in [-0.15, -0.1) is 0 Å². The van der Waals surface area contributed by atoms with Gasteiger partial charge in [-0.1, -0.05) is 6.07 Å². The van der Waals surface area contributed by atoms with Crippen molar-refractivity contribution in [3.8, 4) is 0 Å². The van der Waals surface area contributed by atoms with Gasteiger partial charge in [0.25, 0.3) is 5.91 Å². The summed E-state index contributed by atoms with van der Waals surface area (Å²) in [4.78, 5) is 37.7. The van der Waals surface area contributed by atoms with Crippen molar-refractivity contribution in [1.82, 2.24) is 0 Å². The summed E-state index contributed by atoms with van der Waals surface area (Å²) in [7, 11) is 0. The molecular formula is C16H14N2O4. The van der Waals surface area contributed by atoms with Crippen LogP contribution in [0.15, 0.2) is 34.9 Å². The first-order chi connectivity index (χ1) is 10.4. The Hall–Kier alpha value is -2.89. The van der Waals surface area contributed by atoms with Gasteiger partial charge in [0.15, 0.2) is 5.76 Å². The second-order valence-corrected chi connectivity index (χ2v) is 5.23. The minimum atomic E-state index is -1.10. The minimum absolute atomic E-state index is 0.0801. The van der Waals surface area contributed by atoms with Crippen molar-refractivity contribution in [3.05, 3.63) is 53.0 Å². The largest absolute Gasteiger partial charge is 0.461 e. The summed E-state index contributed by atoms with van der Waals surface area (Å²) in [5.74, 6) is -2.14. The number of rotatable bonds is 2. The van der Waals surface area contributed by atoms with Crippen LogP contribution in [0.3, 0.4) is 0 Å². The third-order valence-electron chi connectivity index (χ3n) is 4.01. The molecule has 1 aromatic carbocycles. The number of ketones is 1. The van der Waals surface area contributed by atoms with Crippen molar-refractivity contribution < 1.29 is 18.8 Å². The zero-order chi connectivity index (χ0) is 16.0. The second kappa shape index (κ2) is 4.84. The number of imide groups is 1. The lowest BCUT2D eigenvalue weighted by Crippen LogP contribution is -2.40. The fraction of sp³-hybridized carbons (Fsp3) is 0.188. The van der Waals surface area contributed by atoms with Gasteiger partial charge in [0.1, 0.15) is 5.92 Å². The van der Waals surface area contributed by atoms with E-state index in [1.165, 1.54) is 12.3 Å². The van der Waals surface area contributed by atoms with Gasteiger partial charge in [0.05, 0.1) is 12.0 Å². The highest BCUT2D eigenvalue weighted by molar-refractivity contribution is 6.29. The van der Waals surface area contributed by atoms with Crippen molar-refractivity contribution in [2.24, 2.45) is 5.73 Å². The van der Waals surface area contributed by atoms with Crippen molar-refractivity contribution in [3.63, 3.8) is 0 Å². The topological polar surface area (TPSA) is 93.6 Å². The number of carbonyl (C=O) groups excluding carboxylic acids is 3. The highest BCUT2D eigenvalue weighted by atomic mass is 16.3. The van der Waals surface area contributed by atoms with Crippen LogP contribution in [0.25, 0.3) is 0 Å². The van der Waals surface area contributed by atoms with Gasteiger partial charge in [0, 0.05) is 5.56 Å². The predicted octanol–water partition coefficient (Wildman–Crippen LogP) is 2.29. The van der Waals surface area contributed by atoms with Crippen molar-refractivity contribution in [2.45, 2.75) is 19.8 Å². The number of hydrogen-bond acceptors (Lipinski definition) is 4. The number of urea groups is 1. The summed E-state index contributed by atoms with van der Waals surface area (Å²) in [6, 6.07) is 5.59. The molecule has 1 unspecified atom stereocenters. The van der Waals surface area contributed by atoms with Crippen LogP contribution in [0.1, 0.15) is 33.2 Å². The monoisotopic (exact) mass is 298 g/mol. The van der Waals surface area contributed by atoms with E-state index in [9.17, 15) is 14.4 Å². The number of benzene rings is 1. The molecule has 1 atom stereocenters. The molecule has 0 spiro atoms. The van der Waals surface area contributed by atoms with Crippen LogP contribution in [0.2, 0.25) is 0 Å². The summed E-state index contributed by atoms with van der Waals surface area (Å²) in [6.45, 7) is 3.69. The summed E-state index contributed by atoms with van der Waals surface area (Å²) < 4.78 is 5.10. The maximum absolute atomic E-state index is 12.6. The van der Waals surface area contributed by atoms with Crippen molar-refractivity contribution in [2.75, 3.05) is 4.90 Å². The number of nitrogens with two attached hydrogens (primary N) is 1. The normalized spacial score (nSPS) is 16.7. The first-order valence-electron chi connectivity index (χ1n) is 6.74. The summed E-state index contributed by atoms with van der Waals surface area (Å²) in [5, 5.41) is 0. The Morgan fingerprint density at radius 1 is 1.23 bits per heavy atom. The van der Waals surface area contributed by atoms with Crippen molar-refractivity contribution >= 4 is 23.4 Å². The lowest BCUT2D eigenvalue weighted by atomic mass is 9.89. The van der Waals surface area contributed by atoms with Gasteiger partial charge >= 0.3 is 6.03 Å². The molecule has 22 heavy (non-hydrogen) atoms. The van der Waals surface area contributed by atoms with Gasteiger partial charge in [0.2, 0.25) is 5.78 Å². The number of nitrogens with zero attached hydrogens (tertiary/aromatic N) is 1. The summed E-state index contributed by atoms with van der Waals surface area (Å²) in [5.41, 5.74) is 7.91. The van der Waals surface area contributed by atoms with E-state index in [0.717, 1.165) is 16.0 Å². The second-order valence-electron chi connectivity index (χ2n) is 5.23. The smallest absolute Gasteiger partial charge is 0.326 e. The molecule has 3 rings (SSSR count). The van der Waals surface area contributed by atoms with Gasteiger partial charge in [-0.05, 0) is 43.2 Å². The van der Waals surface area contributed by atoms with E-state index in [1.807, 2.05) is 13.8 Å². The average Bonchev–Trinajstić information content (AvgIpc) is 3.08. The molecule has 2 N–H and O–H groups in total. The fourth-order valence-electron chi connectivity index (χ4n) is 2.79. The molecule has 0 fully saturated rings. The molecule has 0 saturated carbocycles. The Morgan fingerprint density at radius 2 is 1.95 bits per heavy atom. The Labute approximate surface area is 126 Å². The van der Waals surface area contributed by atoms with E-state index >= 15 is 0 Å². The SMILES string of the molecule is Cc1ccc2c(c1C)C(C(=O)c1ccco1)C(=O)N2C(N)=O. The van der Waals surface area contributed by atoms with E-state index in [4.69, 9.17) is 10.2 Å². The van der Waals surface area contributed by atoms with E-state index in [0.29, 0.717) is 11.3 Å². The molecule has 6 nitrogen and oxygen atoms in total. The minimum Gasteiger partial charge on any atom is -0.461 e. The molecule has 0 bridgehead atoms. The predicted molar refractivity (Wildman–Crippen MR) is 78.8 cm³/mol.